The molecule has 1 fully saturated rings. The van der Waals surface area contributed by atoms with Gasteiger partial charge in [-0.05, 0) is 37.3 Å². The van der Waals surface area contributed by atoms with Crippen LogP contribution in [0.15, 0.2) is 28.9 Å². The molecule has 4 heteroatoms. The van der Waals surface area contributed by atoms with Gasteiger partial charge in [0.15, 0.2) is 0 Å². The summed E-state index contributed by atoms with van der Waals surface area (Å²) < 4.78 is 0. The van der Waals surface area contributed by atoms with Crippen LogP contribution in [0.2, 0.25) is 0 Å². The second-order valence-electron chi connectivity index (χ2n) is 7.07. The molecule has 1 aliphatic carbocycles. The van der Waals surface area contributed by atoms with Crippen LogP contribution in [0.3, 0.4) is 0 Å². The minimum Gasteiger partial charge on any atom is -0.315 e. The van der Waals surface area contributed by atoms with E-state index in [1.165, 1.54) is 32.1 Å². The normalized spacial score (nSPS) is 28.4. The number of hydrogen-bond donors (Lipinski definition) is 1. The summed E-state index contributed by atoms with van der Waals surface area (Å²) in [4.78, 5) is 7.12. The van der Waals surface area contributed by atoms with Crippen LogP contribution in [0.25, 0.3) is 0 Å². The SMILES string of the molecule is CC(C)CC1N=C2C=C(C#N)C=CN2C1NC1CCCCC1. The van der Waals surface area contributed by atoms with E-state index in [1.54, 1.807) is 0 Å². The van der Waals surface area contributed by atoms with Gasteiger partial charge in [0.05, 0.1) is 17.7 Å². The highest BCUT2D eigenvalue weighted by Gasteiger charge is 2.37. The predicted molar refractivity (Wildman–Crippen MR) is 89.1 cm³/mol. The van der Waals surface area contributed by atoms with Gasteiger partial charge in [0.25, 0.3) is 0 Å². The van der Waals surface area contributed by atoms with Gasteiger partial charge < -0.3 is 4.90 Å². The van der Waals surface area contributed by atoms with Crippen LogP contribution in [0.5, 0.6) is 0 Å². The van der Waals surface area contributed by atoms with Crippen LogP contribution in [0, 0.1) is 17.2 Å². The maximum absolute atomic E-state index is 9.09. The Labute approximate surface area is 133 Å². The number of nitrogens with zero attached hydrogens (tertiary/aromatic N) is 3. The van der Waals surface area contributed by atoms with Crippen molar-refractivity contribution in [3.05, 3.63) is 23.9 Å². The number of rotatable bonds is 4. The molecule has 0 bridgehead atoms. The summed E-state index contributed by atoms with van der Waals surface area (Å²) in [5, 5.41) is 12.9. The topological polar surface area (TPSA) is 51.4 Å². The fourth-order valence-corrected chi connectivity index (χ4v) is 3.70. The molecule has 0 radical (unpaired) electrons. The van der Waals surface area contributed by atoms with Crippen molar-refractivity contribution in [2.24, 2.45) is 10.9 Å². The van der Waals surface area contributed by atoms with E-state index >= 15 is 0 Å². The second kappa shape index (κ2) is 6.66. The van der Waals surface area contributed by atoms with Crippen molar-refractivity contribution in [3.8, 4) is 6.07 Å². The number of hydrogen-bond acceptors (Lipinski definition) is 4. The van der Waals surface area contributed by atoms with Crippen molar-refractivity contribution in [2.75, 3.05) is 0 Å². The Morgan fingerprint density at radius 1 is 1.36 bits per heavy atom. The minimum absolute atomic E-state index is 0.244. The van der Waals surface area contributed by atoms with E-state index in [1.807, 2.05) is 18.4 Å². The first-order valence-corrected chi connectivity index (χ1v) is 8.59. The predicted octanol–water partition coefficient (Wildman–Crippen LogP) is 3.34. The lowest BCUT2D eigenvalue weighted by Gasteiger charge is -2.34. The van der Waals surface area contributed by atoms with Crippen LogP contribution >= 0.6 is 0 Å². The molecule has 2 atom stereocenters. The van der Waals surface area contributed by atoms with Gasteiger partial charge in [-0.1, -0.05) is 33.1 Å². The second-order valence-corrected chi connectivity index (χ2v) is 7.07. The Bertz CT molecular complexity index is 532. The highest BCUT2D eigenvalue weighted by molar-refractivity contribution is 5.98. The fraction of sp³-hybridized carbons (Fsp3) is 0.667. The van der Waals surface area contributed by atoms with Crippen molar-refractivity contribution >= 4 is 5.84 Å². The van der Waals surface area contributed by atoms with Gasteiger partial charge in [0.2, 0.25) is 0 Å². The molecule has 4 nitrogen and oxygen atoms in total. The molecule has 0 spiro atoms. The lowest BCUT2D eigenvalue weighted by Crippen LogP contribution is -2.52. The lowest BCUT2D eigenvalue weighted by atomic mass is 9.94. The summed E-state index contributed by atoms with van der Waals surface area (Å²) in [6, 6.07) is 3.10. The number of nitrogens with one attached hydrogen (secondary N) is 1. The highest BCUT2D eigenvalue weighted by atomic mass is 15.4. The Kier molecular flexibility index (Phi) is 4.63. The molecular formula is C18H26N4. The number of allylic oxidation sites excluding steroid dienone is 2. The largest absolute Gasteiger partial charge is 0.315 e. The fourth-order valence-electron chi connectivity index (χ4n) is 3.70. The summed E-state index contributed by atoms with van der Waals surface area (Å²) in [6.07, 6.45) is 13.7. The first-order valence-electron chi connectivity index (χ1n) is 8.59. The number of aliphatic imine (C=N–C) groups is 1. The summed E-state index contributed by atoms with van der Waals surface area (Å²) >= 11 is 0. The third-order valence-electron chi connectivity index (χ3n) is 4.78. The zero-order chi connectivity index (χ0) is 15.5. The first kappa shape index (κ1) is 15.3. The standard InChI is InChI=1S/C18H26N4/c1-13(2)10-16-18(20-15-6-4-3-5-7-15)22-9-8-14(12-19)11-17(22)21-16/h8-9,11,13,15-16,18,20H,3-7,10H2,1-2H3. The number of amidine groups is 1. The summed E-state index contributed by atoms with van der Waals surface area (Å²) in [7, 11) is 0. The van der Waals surface area contributed by atoms with E-state index in [-0.39, 0.29) is 12.2 Å². The van der Waals surface area contributed by atoms with E-state index < -0.39 is 0 Å². The third kappa shape index (κ3) is 3.25. The van der Waals surface area contributed by atoms with Crippen LogP contribution in [-0.2, 0) is 0 Å². The minimum atomic E-state index is 0.244. The molecule has 1 N–H and O–H groups in total. The zero-order valence-corrected chi connectivity index (χ0v) is 13.6. The summed E-state index contributed by atoms with van der Waals surface area (Å²) in [6.45, 7) is 4.50. The smallest absolute Gasteiger partial charge is 0.130 e. The van der Waals surface area contributed by atoms with Gasteiger partial charge in [-0.15, -0.1) is 0 Å². The van der Waals surface area contributed by atoms with Crippen LogP contribution in [0.4, 0.5) is 0 Å². The van der Waals surface area contributed by atoms with Crippen molar-refractivity contribution < 1.29 is 0 Å². The Morgan fingerprint density at radius 3 is 2.82 bits per heavy atom. The number of fused-ring (bicyclic) bond motifs is 1. The molecule has 0 saturated heterocycles. The van der Waals surface area contributed by atoms with Gasteiger partial charge in [-0.3, -0.25) is 10.3 Å². The average molecular weight is 298 g/mol. The number of nitriles is 1. The van der Waals surface area contributed by atoms with E-state index in [4.69, 9.17) is 10.3 Å². The molecule has 3 rings (SSSR count). The Balaban J connectivity index is 1.76. The van der Waals surface area contributed by atoms with E-state index in [9.17, 15) is 0 Å². The molecular weight excluding hydrogens is 272 g/mol. The molecule has 22 heavy (non-hydrogen) atoms. The van der Waals surface area contributed by atoms with Gasteiger partial charge >= 0.3 is 0 Å². The summed E-state index contributed by atoms with van der Waals surface area (Å²) in [5.74, 6) is 1.56. The van der Waals surface area contributed by atoms with Gasteiger partial charge in [0.1, 0.15) is 12.0 Å². The molecule has 2 heterocycles. The van der Waals surface area contributed by atoms with Crippen LogP contribution in [0.1, 0.15) is 52.4 Å². The quantitative estimate of drug-likeness (QED) is 0.866. The third-order valence-corrected chi connectivity index (χ3v) is 4.78. The first-order chi connectivity index (χ1) is 10.7. The van der Waals surface area contributed by atoms with E-state index in [0.29, 0.717) is 17.5 Å². The van der Waals surface area contributed by atoms with Crippen molar-refractivity contribution in [3.63, 3.8) is 0 Å². The Hall–Kier alpha value is -1.60. The molecule has 1 saturated carbocycles. The molecule has 0 amide bonds. The van der Waals surface area contributed by atoms with Crippen molar-refractivity contribution in [2.45, 2.75) is 70.6 Å². The van der Waals surface area contributed by atoms with Gasteiger partial charge in [-0.2, -0.15) is 5.26 Å². The summed E-state index contributed by atoms with van der Waals surface area (Å²) in [5.41, 5.74) is 0.691. The monoisotopic (exact) mass is 298 g/mol. The van der Waals surface area contributed by atoms with Crippen LogP contribution in [-0.4, -0.2) is 29.0 Å². The van der Waals surface area contributed by atoms with Gasteiger partial charge in [0, 0.05) is 12.2 Å². The average Bonchev–Trinajstić information content (AvgIpc) is 2.84. The molecule has 3 aliphatic rings. The Morgan fingerprint density at radius 2 is 2.14 bits per heavy atom. The molecule has 2 unspecified atom stereocenters. The lowest BCUT2D eigenvalue weighted by molar-refractivity contribution is 0.235. The van der Waals surface area contributed by atoms with E-state index in [0.717, 1.165) is 12.3 Å². The molecule has 118 valence electrons. The molecule has 0 aromatic rings. The zero-order valence-electron chi connectivity index (χ0n) is 13.6. The van der Waals surface area contributed by atoms with Crippen LogP contribution < -0.4 is 5.32 Å². The van der Waals surface area contributed by atoms with E-state index in [2.05, 4.69) is 30.1 Å². The van der Waals surface area contributed by atoms with Crippen molar-refractivity contribution in [1.82, 2.24) is 10.2 Å². The molecule has 2 aliphatic heterocycles. The van der Waals surface area contributed by atoms with Crippen molar-refractivity contribution in [1.29, 1.82) is 5.26 Å². The van der Waals surface area contributed by atoms with Gasteiger partial charge in [-0.25, -0.2) is 0 Å². The molecule has 0 aromatic carbocycles. The molecule has 0 aromatic heterocycles. The maximum Gasteiger partial charge on any atom is 0.130 e. The highest BCUT2D eigenvalue weighted by Crippen LogP contribution is 2.28. The maximum atomic E-state index is 9.09.